The number of amides is 2. The molecule has 0 radical (unpaired) electrons. The zero-order chi connectivity index (χ0) is 15.0. The van der Waals surface area contributed by atoms with Gasteiger partial charge >= 0.3 is 0 Å². The number of hydrogen-bond donors (Lipinski definition) is 2. The van der Waals surface area contributed by atoms with E-state index in [-0.39, 0.29) is 24.4 Å². The number of hydrogen-bond acceptors (Lipinski definition) is 3. The SMILES string of the molecule is COc1ccccc1/C=C/C(=O)NCC(=O)NC(C)C. The lowest BCUT2D eigenvalue weighted by atomic mass is 10.2. The Kier molecular flexibility index (Phi) is 6.29. The Labute approximate surface area is 119 Å². The fourth-order valence-corrected chi connectivity index (χ4v) is 1.57. The number of rotatable bonds is 6. The van der Waals surface area contributed by atoms with E-state index in [0.29, 0.717) is 5.75 Å². The highest BCUT2D eigenvalue weighted by Crippen LogP contribution is 2.18. The number of methoxy groups -OCH3 is 1. The Morgan fingerprint density at radius 3 is 2.65 bits per heavy atom. The standard InChI is InChI=1S/C15H20N2O3/c1-11(2)17-15(19)10-16-14(18)9-8-12-6-4-5-7-13(12)20-3/h4-9,11H,10H2,1-3H3,(H,16,18)(H,17,19)/b9-8+. The molecule has 0 atom stereocenters. The van der Waals surface area contributed by atoms with E-state index in [1.165, 1.54) is 6.08 Å². The fraction of sp³-hybridized carbons (Fsp3) is 0.333. The van der Waals surface area contributed by atoms with E-state index in [0.717, 1.165) is 5.56 Å². The highest BCUT2D eigenvalue weighted by atomic mass is 16.5. The van der Waals surface area contributed by atoms with Crippen LogP contribution in [0.1, 0.15) is 19.4 Å². The Hall–Kier alpha value is -2.30. The number of nitrogens with one attached hydrogen (secondary N) is 2. The third-order valence-electron chi connectivity index (χ3n) is 2.43. The fourth-order valence-electron chi connectivity index (χ4n) is 1.57. The second kappa shape index (κ2) is 7.99. The van der Waals surface area contributed by atoms with Crippen LogP contribution >= 0.6 is 0 Å². The molecule has 20 heavy (non-hydrogen) atoms. The Morgan fingerprint density at radius 1 is 1.30 bits per heavy atom. The lowest BCUT2D eigenvalue weighted by Gasteiger charge is -2.08. The number of carbonyl (C=O) groups is 2. The van der Waals surface area contributed by atoms with Gasteiger partial charge < -0.3 is 15.4 Å². The van der Waals surface area contributed by atoms with Crippen LogP contribution in [0.3, 0.4) is 0 Å². The van der Waals surface area contributed by atoms with Crippen LogP contribution in [0.5, 0.6) is 5.75 Å². The van der Waals surface area contributed by atoms with Crippen molar-refractivity contribution in [3.8, 4) is 5.75 Å². The summed E-state index contributed by atoms with van der Waals surface area (Å²) in [7, 11) is 1.57. The molecule has 1 aromatic carbocycles. The summed E-state index contributed by atoms with van der Waals surface area (Å²) in [5, 5.41) is 5.21. The highest BCUT2D eigenvalue weighted by Gasteiger charge is 2.04. The van der Waals surface area contributed by atoms with Crippen LogP contribution in [-0.4, -0.2) is 31.5 Å². The predicted octanol–water partition coefficient (Wildman–Crippen LogP) is 1.35. The molecule has 0 saturated heterocycles. The van der Waals surface area contributed by atoms with Crippen LogP contribution in [0.15, 0.2) is 30.3 Å². The van der Waals surface area contributed by atoms with Crippen molar-refractivity contribution < 1.29 is 14.3 Å². The zero-order valence-electron chi connectivity index (χ0n) is 12.0. The molecule has 1 aromatic rings. The summed E-state index contributed by atoms with van der Waals surface area (Å²) < 4.78 is 5.17. The average Bonchev–Trinajstić information content (AvgIpc) is 2.42. The van der Waals surface area contributed by atoms with E-state index in [9.17, 15) is 9.59 Å². The first-order valence-corrected chi connectivity index (χ1v) is 6.41. The van der Waals surface area contributed by atoms with Gasteiger partial charge in [0.15, 0.2) is 0 Å². The number of ether oxygens (including phenoxy) is 1. The molecule has 0 fully saturated rings. The maximum absolute atomic E-state index is 11.6. The largest absolute Gasteiger partial charge is 0.496 e. The monoisotopic (exact) mass is 276 g/mol. The first-order chi connectivity index (χ1) is 9.52. The van der Waals surface area contributed by atoms with Gasteiger partial charge in [0.25, 0.3) is 0 Å². The van der Waals surface area contributed by atoms with Crippen LogP contribution in [0.25, 0.3) is 6.08 Å². The quantitative estimate of drug-likeness (QED) is 0.771. The molecular formula is C15H20N2O3. The molecule has 0 aliphatic rings. The van der Waals surface area contributed by atoms with Gasteiger partial charge in [-0.1, -0.05) is 18.2 Å². The molecule has 0 unspecified atom stereocenters. The van der Waals surface area contributed by atoms with Crippen molar-refractivity contribution in [2.24, 2.45) is 0 Å². The Balaban J connectivity index is 2.49. The van der Waals surface area contributed by atoms with Gasteiger partial charge in [0, 0.05) is 17.7 Å². The van der Waals surface area contributed by atoms with Crippen molar-refractivity contribution in [2.75, 3.05) is 13.7 Å². The summed E-state index contributed by atoms with van der Waals surface area (Å²) in [6.45, 7) is 3.69. The molecule has 0 bridgehead atoms. The number of para-hydroxylation sites is 1. The summed E-state index contributed by atoms with van der Waals surface area (Å²) in [5.74, 6) is 0.156. The van der Waals surface area contributed by atoms with E-state index in [1.54, 1.807) is 13.2 Å². The molecular weight excluding hydrogens is 256 g/mol. The minimum Gasteiger partial charge on any atom is -0.496 e. The van der Waals surface area contributed by atoms with E-state index in [4.69, 9.17) is 4.74 Å². The first kappa shape index (κ1) is 15.8. The van der Waals surface area contributed by atoms with Crippen LogP contribution in [0.2, 0.25) is 0 Å². The molecule has 0 aliphatic heterocycles. The summed E-state index contributed by atoms with van der Waals surface area (Å²) in [5.41, 5.74) is 0.803. The maximum atomic E-state index is 11.6. The van der Waals surface area contributed by atoms with Crippen molar-refractivity contribution in [3.05, 3.63) is 35.9 Å². The minimum atomic E-state index is -0.324. The first-order valence-electron chi connectivity index (χ1n) is 6.41. The van der Waals surface area contributed by atoms with E-state index in [2.05, 4.69) is 10.6 Å². The molecule has 0 aromatic heterocycles. The molecule has 0 heterocycles. The van der Waals surface area contributed by atoms with Crippen molar-refractivity contribution in [3.63, 3.8) is 0 Å². The number of carbonyl (C=O) groups excluding carboxylic acids is 2. The normalized spacial score (nSPS) is 10.6. The molecule has 5 heteroatoms. The van der Waals surface area contributed by atoms with Gasteiger partial charge in [0.1, 0.15) is 5.75 Å². The Bertz CT molecular complexity index is 496. The van der Waals surface area contributed by atoms with Crippen LogP contribution in [-0.2, 0) is 9.59 Å². The topological polar surface area (TPSA) is 67.4 Å². The van der Waals surface area contributed by atoms with Gasteiger partial charge in [-0.3, -0.25) is 9.59 Å². The molecule has 0 saturated carbocycles. The smallest absolute Gasteiger partial charge is 0.244 e. The number of benzene rings is 1. The third-order valence-corrected chi connectivity index (χ3v) is 2.43. The second-order valence-corrected chi connectivity index (χ2v) is 4.52. The van der Waals surface area contributed by atoms with Gasteiger partial charge in [-0.15, -0.1) is 0 Å². The van der Waals surface area contributed by atoms with Crippen molar-refractivity contribution in [1.82, 2.24) is 10.6 Å². The molecule has 1 rings (SSSR count). The Morgan fingerprint density at radius 2 is 2.00 bits per heavy atom. The molecule has 0 spiro atoms. The molecule has 2 amide bonds. The van der Waals surface area contributed by atoms with Crippen molar-refractivity contribution >= 4 is 17.9 Å². The lowest BCUT2D eigenvalue weighted by molar-refractivity contribution is -0.124. The zero-order valence-corrected chi connectivity index (χ0v) is 12.0. The van der Waals surface area contributed by atoms with Gasteiger partial charge in [-0.25, -0.2) is 0 Å². The maximum Gasteiger partial charge on any atom is 0.244 e. The van der Waals surface area contributed by atoms with E-state index >= 15 is 0 Å². The minimum absolute atomic E-state index is 0.0344. The third kappa shape index (κ3) is 5.56. The van der Waals surface area contributed by atoms with Crippen LogP contribution in [0.4, 0.5) is 0 Å². The van der Waals surface area contributed by atoms with Gasteiger partial charge in [0.05, 0.1) is 13.7 Å². The average molecular weight is 276 g/mol. The van der Waals surface area contributed by atoms with Crippen LogP contribution in [0, 0.1) is 0 Å². The summed E-state index contributed by atoms with van der Waals surface area (Å²) in [6.07, 6.45) is 3.02. The van der Waals surface area contributed by atoms with E-state index in [1.807, 2.05) is 38.1 Å². The highest BCUT2D eigenvalue weighted by molar-refractivity contribution is 5.94. The molecule has 0 aliphatic carbocycles. The van der Waals surface area contributed by atoms with Gasteiger partial charge in [-0.2, -0.15) is 0 Å². The molecule has 2 N–H and O–H groups in total. The molecule has 108 valence electrons. The van der Waals surface area contributed by atoms with E-state index < -0.39 is 0 Å². The second-order valence-electron chi connectivity index (χ2n) is 4.52. The lowest BCUT2D eigenvalue weighted by Crippen LogP contribution is -2.39. The molecule has 5 nitrogen and oxygen atoms in total. The predicted molar refractivity (Wildman–Crippen MR) is 78.3 cm³/mol. The summed E-state index contributed by atoms with van der Waals surface area (Å²) in [6, 6.07) is 7.42. The summed E-state index contributed by atoms with van der Waals surface area (Å²) in [4.78, 5) is 23.0. The summed E-state index contributed by atoms with van der Waals surface area (Å²) >= 11 is 0. The van der Waals surface area contributed by atoms with Gasteiger partial charge in [-0.05, 0) is 26.0 Å². The van der Waals surface area contributed by atoms with Crippen LogP contribution < -0.4 is 15.4 Å². The van der Waals surface area contributed by atoms with Gasteiger partial charge in [0.2, 0.25) is 11.8 Å². The van der Waals surface area contributed by atoms with Crippen molar-refractivity contribution in [1.29, 1.82) is 0 Å². The van der Waals surface area contributed by atoms with Crippen molar-refractivity contribution in [2.45, 2.75) is 19.9 Å².